The van der Waals surface area contributed by atoms with Crippen LogP contribution in [0.5, 0.6) is 0 Å². The Kier molecular flexibility index (Phi) is 4.80. The van der Waals surface area contributed by atoms with Crippen molar-refractivity contribution in [2.24, 2.45) is 0 Å². The van der Waals surface area contributed by atoms with E-state index >= 15 is 0 Å². The van der Waals surface area contributed by atoms with E-state index in [1.54, 1.807) is 31.5 Å². The van der Waals surface area contributed by atoms with E-state index in [9.17, 15) is 14.0 Å². The second-order valence-electron chi connectivity index (χ2n) is 5.92. The zero-order chi connectivity index (χ0) is 18.0. The molecule has 2 aromatic rings. The average Bonchev–Trinajstić information content (AvgIpc) is 3.21. The normalized spacial score (nSPS) is 20.0. The Morgan fingerprint density at radius 1 is 1.32 bits per heavy atom. The summed E-state index contributed by atoms with van der Waals surface area (Å²) in [5, 5.41) is 13.3. The van der Waals surface area contributed by atoms with E-state index in [0.717, 1.165) is 0 Å². The monoisotopic (exact) mass is 347 g/mol. The molecule has 0 spiro atoms. The number of carboxylic acids is 1. The van der Waals surface area contributed by atoms with Gasteiger partial charge in [-0.05, 0) is 36.8 Å². The number of hydrogen-bond acceptors (Lipinski definition) is 4. The summed E-state index contributed by atoms with van der Waals surface area (Å²) in [6, 6.07) is 6.87. The number of rotatable bonds is 5. The number of carbonyl (C=O) groups is 2. The summed E-state index contributed by atoms with van der Waals surface area (Å²) in [7, 11) is 1.54. The number of nitrogens with zero attached hydrogens (tertiary/aromatic N) is 3. The van der Waals surface area contributed by atoms with Crippen LogP contribution in [0.4, 0.5) is 4.39 Å². The van der Waals surface area contributed by atoms with Crippen LogP contribution in [0.3, 0.4) is 0 Å². The molecule has 1 fully saturated rings. The van der Waals surface area contributed by atoms with Crippen LogP contribution in [0, 0.1) is 5.82 Å². The highest BCUT2D eigenvalue weighted by Crippen LogP contribution is 2.24. The summed E-state index contributed by atoms with van der Waals surface area (Å²) in [5.41, 5.74) is 0.829. The molecule has 0 bridgehead atoms. The van der Waals surface area contributed by atoms with E-state index in [4.69, 9.17) is 9.84 Å². The van der Waals surface area contributed by atoms with Crippen LogP contribution in [0.25, 0.3) is 5.69 Å². The lowest BCUT2D eigenvalue weighted by Gasteiger charge is -2.22. The maximum atomic E-state index is 13.0. The molecule has 8 heteroatoms. The lowest BCUT2D eigenvalue weighted by molar-refractivity contribution is -0.138. The van der Waals surface area contributed by atoms with Crippen molar-refractivity contribution in [2.75, 3.05) is 13.7 Å². The number of ether oxygens (including phenoxy) is 1. The van der Waals surface area contributed by atoms with Gasteiger partial charge in [-0.15, -0.1) is 0 Å². The molecule has 0 aliphatic carbocycles. The Morgan fingerprint density at radius 3 is 2.68 bits per heavy atom. The first-order valence-electron chi connectivity index (χ1n) is 7.85. The fourth-order valence-corrected chi connectivity index (χ4v) is 3.01. The Labute approximate surface area is 143 Å². The molecule has 7 nitrogen and oxygen atoms in total. The molecule has 2 unspecified atom stereocenters. The molecule has 1 aromatic heterocycles. The van der Waals surface area contributed by atoms with Crippen molar-refractivity contribution >= 4 is 11.9 Å². The topological polar surface area (TPSA) is 84.7 Å². The number of aliphatic carboxylic acids is 1. The van der Waals surface area contributed by atoms with Gasteiger partial charge in [0.2, 0.25) is 0 Å². The number of aromatic nitrogens is 2. The third-order valence-electron chi connectivity index (χ3n) is 4.28. The van der Waals surface area contributed by atoms with Gasteiger partial charge in [0.1, 0.15) is 5.82 Å². The van der Waals surface area contributed by atoms with Gasteiger partial charge < -0.3 is 14.7 Å². The van der Waals surface area contributed by atoms with Gasteiger partial charge in [0, 0.05) is 25.9 Å². The summed E-state index contributed by atoms with van der Waals surface area (Å²) in [6.45, 7) is 0.330. The number of halogens is 1. The van der Waals surface area contributed by atoms with Gasteiger partial charge in [-0.25, -0.2) is 9.07 Å². The highest BCUT2D eigenvalue weighted by Gasteiger charge is 2.37. The van der Waals surface area contributed by atoms with Gasteiger partial charge in [0.05, 0.1) is 18.2 Å². The number of carbonyl (C=O) groups excluding carboxylic acids is 1. The van der Waals surface area contributed by atoms with Crippen LogP contribution in [0.1, 0.15) is 23.3 Å². The zero-order valence-electron chi connectivity index (χ0n) is 13.6. The van der Waals surface area contributed by atoms with Gasteiger partial charge in [0.15, 0.2) is 5.69 Å². The molecule has 0 radical (unpaired) electrons. The van der Waals surface area contributed by atoms with E-state index in [2.05, 4.69) is 5.10 Å². The first-order chi connectivity index (χ1) is 12.0. The van der Waals surface area contributed by atoms with E-state index in [1.807, 2.05) is 0 Å². The number of benzene rings is 1. The number of carboxylic acid groups (broad SMARTS) is 1. The highest BCUT2D eigenvalue weighted by atomic mass is 19.1. The largest absolute Gasteiger partial charge is 0.481 e. The molecule has 3 rings (SSSR count). The lowest BCUT2D eigenvalue weighted by atomic mass is 10.1. The maximum Gasteiger partial charge on any atom is 0.305 e. The Hall–Kier alpha value is -2.74. The molecule has 1 aliphatic heterocycles. The van der Waals surface area contributed by atoms with Crippen molar-refractivity contribution in [1.29, 1.82) is 0 Å². The molecular formula is C17H18FN3O4. The summed E-state index contributed by atoms with van der Waals surface area (Å²) in [5.74, 6) is -1.66. The molecule has 1 aliphatic rings. The lowest BCUT2D eigenvalue weighted by Crippen LogP contribution is -2.37. The quantitative estimate of drug-likeness (QED) is 0.890. The van der Waals surface area contributed by atoms with Crippen molar-refractivity contribution in [3.8, 4) is 5.69 Å². The van der Waals surface area contributed by atoms with E-state index in [0.29, 0.717) is 18.7 Å². The average molecular weight is 347 g/mol. The van der Waals surface area contributed by atoms with Crippen LogP contribution in [0.2, 0.25) is 0 Å². The van der Waals surface area contributed by atoms with Gasteiger partial charge >= 0.3 is 5.97 Å². The van der Waals surface area contributed by atoms with Crippen molar-refractivity contribution in [3.63, 3.8) is 0 Å². The third kappa shape index (κ3) is 3.69. The third-order valence-corrected chi connectivity index (χ3v) is 4.28. The van der Waals surface area contributed by atoms with E-state index < -0.39 is 12.0 Å². The molecule has 2 heterocycles. The van der Waals surface area contributed by atoms with Gasteiger partial charge in [-0.3, -0.25) is 9.59 Å². The zero-order valence-corrected chi connectivity index (χ0v) is 13.6. The van der Waals surface area contributed by atoms with Gasteiger partial charge in [0.25, 0.3) is 5.91 Å². The first-order valence-corrected chi connectivity index (χ1v) is 7.85. The van der Waals surface area contributed by atoms with E-state index in [1.165, 1.54) is 21.7 Å². The summed E-state index contributed by atoms with van der Waals surface area (Å²) >= 11 is 0. The second-order valence-corrected chi connectivity index (χ2v) is 5.92. The van der Waals surface area contributed by atoms with Crippen molar-refractivity contribution in [3.05, 3.63) is 48.0 Å². The summed E-state index contributed by atoms with van der Waals surface area (Å²) < 4.78 is 19.8. The van der Waals surface area contributed by atoms with Crippen molar-refractivity contribution < 1.29 is 23.8 Å². The number of hydrogen-bond donors (Lipinski definition) is 1. The maximum absolute atomic E-state index is 13.0. The molecule has 25 heavy (non-hydrogen) atoms. The molecule has 1 aromatic carbocycles. The molecule has 1 amide bonds. The predicted octanol–water partition coefficient (Wildman–Crippen LogP) is 1.72. The minimum Gasteiger partial charge on any atom is -0.481 e. The molecular weight excluding hydrogens is 329 g/mol. The van der Waals surface area contributed by atoms with Gasteiger partial charge in [-0.1, -0.05) is 0 Å². The van der Waals surface area contributed by atoms with Crippen molar-refractivity contribution in [2.45, 2.75) is 25.0 Å². The molecule has 0 saturated carbocycles. The standard InChI is InChI=1S/C17H18FN3O4/c1-25-14-8-13(9-16(22)23)20(10-14)17(24)15-6-7-21(19-15)12-4-2-11(18)3-5-12/h2-7,13-14H,8-10H2,1H3,(H,22,23). The van der Waals surface area contributed by atoms with Crippen LogP contribution in [-0.2, 0) is 9.53 Å². The SMILES string of the molecule is COC1CC(CC(=O)O)N(C(=O)c2ccn(-c3ccc(F)cc3)n2)C1. The molecule has 2 atom stereocenters. The van der Waals surface area contributed by atoms with Gasteiger partial charge in [-0.2, -0.15) is 5.10 Å². The number of methoxy groups -OCH3 is 1. The molecule has 1 saturated heterocycles. The second kappa shape index (κ2) is 7.02. The fraction of sp³-hybridized carbons (Fsp3) is 0.353. The van der Waals surface area contributed by atoms with Crippen LogP contribution in [-0.4, -0.2) is 57.5 Å². The number of amides is 1. The van der Waals surface area contributed by atoms with Crippen LogP contribution < -0.4 is 0 Å². The fourth-order valence-electron chi connectivity index (χ4n) is 3.01. The van der Waals surface area contributed by atoms with Crippen LogP contribution in [0.15, 0.2) is 36.5 Å². The summed E-state index contributed by atoms with van der Waals surface area (Å²) in [4.78, 5) is 25.3. The first kappa shape index (κ1) is 17.1. The van der Waals surface area contributed by atoms with Crippen molar-refractivity contribution in [1.82, 2.24) is 14.7 Å². The van der Waals surface area contributed by atoms with E-state index in [-0.39, 0.29) is 29.9 Å². The minimum absolute atomic E-state index is 0.135. The highest BCUT2D eigenvalue weighted by molar-refractivity contribution is 5.93. The minimum atomic E-state index is -0.962. The number of likely N-dealkylation sites (tertiary alicyclic amines) is 1. The Bertz CT molecular complexity index is 774. The predicted molar refractivity (Wildman–Crippen MR) is 86.0 cm³/mol. The smallest absolute Gasteiger partial charge is 0.305 e. The Morgan fingerprint density at radius 2 is 2.04 bits per heavy atom. The van der Waals surface area contributed by atoms with Crippen LogP contribution >= 0.6 is 0 Å². The Balaban J connectivity index is 1.80. The molecule has 1 N–H and O–H groups in total. The molecule has 132 valence electrons. The summed E-state index contributed by atoms with van der Waals surface area (Å²) in [6.07, 6.45) is 1.76.